The molecule has 3 aromatic rings. The standard InChI is InChI=1S/C23H24F3N5O2S/c1-4-31-20(13-27-19-7-5-6-17(12-19)23(24,25)26)29-30-22(31)34-15(3)21(33)28-18-10-8-16(9-11-18)14(2)32/h5-12,15,27H,4,13H2,1-3H3,(H,28,33)/t15-/m1/s1. The van der Waals surface area contributed by atoms with E-state index in [1.807, 2.05) is 6.92 Å². The summed E-state index contributed by atoms with van der Waals surface area (Å²) in [6.07, 6.45) is -4.42. The Hall–Kier alpha value is -3.34. The van der Waals surface area contributed by atoms with Crippen LogP contribution in [0.2, 0.25) is 0 Å². The summed E-state index contributed by atoms with van der Waals surface area (Å²) in [5.74, 6) is 0.240. The maximum absolute atomic E-state index is 12.9. The molecule has 0 unspecified atom stereocenters. The summed E-state index contributed by atoms with van der Waals surface area (Å²) in [6.45, 7) is 5.79. The van der Waals surface area contributed by atoms with Gasteiger partial charge in [-0.15, -0.1) is 10.2 Å². The van der Waals surface area contributed by atoms with E-state index in [-0.39, 0.29) is 18.2 Å². The van der Waals surface area contributed by atoms with Gasteiger partial charge in [0.25, 0.3) is 0 Å². The third-order valence-electron chi connectivity index (χ3n) is 4.96. The van der Waals surface area contributed by atoms with Crippen LogP contribution in [-0.2, 0) is 24.1 Å². The highest BCUT2D eigenvalue weighted by Gasteiger charge is 2.30. The lowest BCUT2D eigenvalue weighted by atomic mass is 10.1. The van der Waals surface area contributed by atoms with Crippen LogP contribution in [0.5, 0.6) is 0 Å². The molecule has 0 fully saturated rings. The molecule has 3 rings (SSSR count). The molecule has 34 heavy (non-hydrogen) atoms. The summed E-state index contributed by atoms with van der Waals surface area (Å²) in [7, 11) is 0. The van der Waals surface area contributed by atoms with Gasteiger partial charge in [-0.3, -0.25) is 9.59 Å². The summed E-state index contributed by atoms with van der Waals surface area (Å²) in [5.41, 5.74) is 0.716. The predicted molar refractivity (Wildman–Crippen MR) is 125 cm³/mol. The first kappa shape index (κ1) is 25.3. The van der Waals surface area contributed by atoms with Crippen molar-refractivity contribution in [2.24, 2.45) is 0 Å². The normalized spacial score (nSPS) is 12.3. The molecular formula is C23H24F3N5O2S. The molecule has 1 atom stereocenters. The number of rotatable bonds is 9. The second kappa shape index (κ2) is 10.7. The van der Waals surface area contributed by atoms with E-state index >= 15 is 0 Å². The van der Waals surface area contributed by atoms with E-state index < -0.39 is 17.0 Å². The molecule has 0 spiro atoms. The lowest BCUT2D eigenvalue weighted by molar-refractivity contribution is -0.137. The second-order valence-corrected chi connectivity index (χ2v) is 8.77. The van der Waals surface area contributed by atoms with E-state index in [0.29, 0.717) is 34.5 Å². The highest BCUT2D eigenvalue weighted by Crippen LogP contribution is 2.31. The lowest BCUT2D eigenvalue weighted by Crippen LogP contribution is -2.23. The molecule has 180 valence electrons. The molecule has 0 saturated carbocycles. The number of carbonyl (C=O) groups excluding carboxylic acids is 2. The van der Waals surface area contributed by atoms with Crippen LogP contribution in [0.15, 0.2) is 53.7 Å². The Morgan fingerprint density at radius 2 is 1.79 bits per heavy atom. The molecule has 0 aliphatic carbocycles. The van der Waals surface area contributed by atoms with Crippen LogP contribution < -0.4 is 10.6 Å². The zero-order valence-corrected chi connectivity index (χ0v) is 19.6. The van der Waals surface area contributed by atoms with Crippen molar-refractivity contribution in [3.05, 3.63) is 65.5 Å². The van der Waals surface area contributed by atoms with Crippen molar-refractivity contribution in [1.29, 1.82) is 0 Å². The van der Waals surface area contributed by atoms with Gasteiger partial charge in [0.05, 0.1) is 17.4 Å². The van der Waals surface area contributed by atoms with Gasteiger partial charge in [-0.2, -0.15) is 13.2 Å². The van der Waals surface area contributed by atoms with E-state index in [2.05, 4.69) is 20.8 Å². The van der Waals surface area contributed by atoms with Crippen molar-refractivity contribution in [3.63, 3.8) is 0 Å². The maximum atomic E-state index is 12.9. The number of thioether (sulfide) groups is 1. The van der Waals surface area contributed by atoms with Crippen LogP contribution in [-0.4, -0.2) is 31.7 Å². The van der Waals surface area contributed by atoms with Crippen molar-refractivity contribution >= 4 is 34.8 Å². The molecule has 1 aromatic heterocycles. The lowest BCUT2D eigenvalue weighted by Gasteiger charge is -2.14. The van der Waals surface area contributed by atoms with Gasteiger partial charge in [0.2, 0.25) is 5.91 Å². The van der Waals surface area contributed by atoms with E-state index in [4.69, 9.17) is 0 Å². The largest absolute Gasteiger partial charge is 0.416 e. The number of ketones is 1. The number of nitrogens with zero attached hydrogens (tertiary/aromatic N) is 3. The Morgan fingerprint density at radius 1 is 1.09 bits per heavy atom. The topological polar surface area (TPSA) is 88.9 Å². The molecule has 1 amide bonds. The summed E-state index contributed by atoms with van der Waals surface area (Å²) in [4.78, 5) is 24.0. The Balaban J connectivity index is 1.63. The van der Waals surface area contributed by atoms with Gasteiger partial charge < -0.3 is 15.2 Å². The van der Waals surface area contributed by atoms with Gasteiger partial charge in [-0.1, -0.05) is 17.8 Å². The van der Waals surface area contributed by atoms with Crippen LogP contribution >= 0.6 is 11.8 Å². The van der Waals surface area contributed by atoms with Crippen LogP contribution in [0.4, 0.5) is 24.5 Å². The number of anilines is 2. The minimum absolute atomic E-state index is 0.0564. The fraction of sp³-hybridized carbons (Fsp3) is 0.304. The van der Waals surface area contributed by atoms with E-state index in [0.717, 1.165) is 12.1 Å². The average Bonchev–Trinajstić information content (AvgIpc) is 3.18. The predicted octanol–water partition coefficient (Wildman–Crippen LogP) is 5.25. The molecule has 7 nitrogen and oxygen atoms in total. The zero-order chi connectivity index (χ0) is 24.9. The molecule has 0 bridgehead atoms. The van der Waals surface area contributed by atoms with Gasteiger partial charge in [0, 0.05) is 23.5 Å². The summed E-state index contributed by atoms with van der Waals surface area (Å²) >= 11 is 1.23. The number of Topliss-reactive ketones (excluding diaryl/α,β-unsaturated/α-hetero) is 1. The Kier molecular flexibility index (Phi) is 7.98. The molecule has 0 aliphatic heterocycles. The number of halogens is 3. The quantitative estimate of drug-likeness (QED) is 0.314. The first-order valence-electron chi connectivity index (χ1n) is 10.5. The SMILES string of the molecule is CCn1c(CNc2cccc(C(F)(F)F)c2)nnc1S[C@H](C)C(=O)Nc1ccc(C(C)=O)cc1. The molecule has 1 heterocycles. The van der Waals surface area contributed by atoms with Gasteiger partial charge in [0.1, 0.15) is 0 Å². The van der Waals surface area contributed by atoms with Crippen LogP contribution in [0.1, 0.15) is 42.5 Å². The zero-order valence-electron chi connectivity index (χ0n) is 18.8. The smallest absolute Gasteiger partial charge is 0.378 e. The van der Waals surface area contributed by atoms with Crippen molar-refractivity contribution < 1.29 is 22.8 Å². The number of benzene rings is 2. The summed E-state index contributed by atoms with van der Waals surface area (Å²) in [5, 5.41) is 14.1. The van der Waals surface area contributed by atoms with E-state index in [1.54, 1.807) is 41.8 Å². The van der Waals surface area contributed by atoms with E-state index in [9.17, 15) is 22.8 Å². The fourth-order valence-corrected chi connectivity index (χ4v) is 4.02. The Labute approximate surface area is 199 Å². The number of amides is 1. The molecule has 2 aromatic carbocycles. The fourth-order valence-electron chi connectivity index (χ4n) is 3.09. The Bertz CT molecular complexity index is 1160. The minimum atomic E-state index is -4.42. The number of nitrogens with one attached hydrogen (secondary N) is 2. The van der Waals surface area contributed by atoms with Crippen molar-refractivity contribution in [3.8, 4) is 0 Å². The summed E-state index contributed by atoms with van der Waals surface area (Å²) < 4.78 is 40.6. The monoisotopic (exact) mass is 491 g/mol. The average molecular weight is 492 g/mol. The summed E-state index contributed by atoms with van der Waals surface area (Å²) in [6, 6.07) is 11.6. The van der Waals surface area contributed by atoms with Crippen molar-refractivity contribution in [2.45, 2.75) is 50.4 Å². The third kappa shape index (κ3) is 6.37. The first-order valence-corrected chi connectivity index (χ1v) is 11.4. The number of carbonyl (C=O) groups is 2. The minimum Gasteiger partial charge on any atom is -0.378 e. The molecule has 11 heteroatoms. The molecule has 0 aliphatic rings. The van der Waals surface area contributed by atoms with Gasteiger partial charge >= 0.3 is 6.18 Å². The number of hydrogen-bond donors (Lipinski definition) is 2. The van der Waals surface area contributed by atoms with Crippen LogP contribution in [0.3, 0.4) is 0 Å². The van der Waals surface area contributed by atoms with E-state index in [1.165, 1.54) is 24.8 Å². The van der Waals surface area contributed by atoms with Crippen LogP contribution in [0.25, 0.3) is 0 Å². The highest BCUT2D eigenvalue weighted by molar-refractivity contribution is 8.00. The van der Waals surface area contributed by atoms with Crippen molar-refractivity contribution in [2.75, 3.05) is 10.6 Å². The van der Waals surface area contributed by atoms with Crippen LogP contribution in [0, 0.1) is 0 Å². The molecule has 0 saturated heterocycles. The maximum Gasteiger partial charge on any atom is 0.416 e. The highest BCUT2D eigenvalue weighted by atomic mass is 32.2. The second-order valence-electron chi connectivity index (χ2n) is 7.46. The molecule has 2 N–H and O–H groups in total. The van der Waals surface area contributed by atoms with Gasteiger partial charge in [-0.05, 0) is 63.2 Å². The Morgan fingerprint density at radius 3 is 2.41 bits per heavy atom. The number of aromatic nitrogens is 3. The third-order valence-corrected chi connectivity index (χ3v) is 6.04. The number of hydrogen-bond acceptors (Lipinski definition) is 6. The van der Waals surface area contributed by atoms with Gasteiger partial charge in [-0.25, -0.2) is 0 Å². The number of alkyl halides is 3. The molecule has 0 radical (unpaired) electrons. The van der Waals surface area contributed by atoms with Gasteiger partial charge in [0.15, 0.2) is 16.8 Å². The van der Waals surface area contributed by atoms with Crippen molar-refractivity contribution in [1.82, 2.24) is 14.8 Å². The first-order chi connectivity index (χ1) is 16.1. The molecular weight excluding hydrogens is 467 g/mol.